The van der Waals surface area contributed by atoms with Gasteiger partial charge in [-0.1, -0.05) is 18.2 Å². The molecule has 1 fully saturated rings. The van der Waals surface area contributed by atoms with Gasteiger partial charge < -0.3 is 5.32 Å². The van der Waals surface area contributed by atoms with Crippen LogP contribution in [0.2, 0.25) is 0 Å². The standard InChI is InChI=1S/C14H17N3O/c15-10-13-8-4-5-9-17(13)11-14(18)16-12-6-2-1-3-7-12/h1-3,6-7,13H,4-5,8-9,11H2,(H,16,18). The third kappa shape index (κ3) is 3.31. The summed E-state index contributed by atoms with van der Waals surface area (Å²) in [5, 5.41) is 11.9. The van der Waals surface area contributed by atoms with Crippen LogP contribution in [0.5, 0.6) is 0 Å². The maximum absolute atomic E-state index is 11.9. The number of nitriles is 1. The second kappa shape index (κ2) is 6.18. The highest BCUT2D eigenvalue weighted by Crippen LogP contribution is 2.16. The van der Waals surface area contributed by atoms with Gasteiger partial charge in [0.1, 0.15) is 0 Å². The van der Waals surface area contributed by atoms with Crippen LogP contribution in [-0.4, -0.2) is 29.9 Å². The van der Waals surface area contributed by atoms with E-state index in [1.807, 2.05) is 35.2 Å². The summed E-state index contributed by atoms with van der Waals surface area (Å²) in [6, 6.07) is 11.5. The maximum atomic E-state index is 11.9. The Labute approximate surface area is 107 Å². The molecule has 1 aliphatic rings. The molecule has 0 spiro atoms. The van der Waals surface area contributed by atoms with E-state index in [4.69, 9.17) is 5.26 Å². The van der Waals surface area contributed by atoms with Gasteiger partial charge in [-0.2, -0.15) is 5.26 Å². The number of para-hydroxylation sites is 1. The summed E-state index contributed by atoms with van der Waals surface area (Å²) in [6.45, 7) is 1.13. The number of anilines is 1. The number of piperidine rings is 1. The van der Waals surface area contributed by atoms with Crippen molar-refractivity contribution in [2.45, 2.75) is 25.3 Å². The minimum Gasteiger partial charge on any atom is -0.325 e. The average molecular weight is 243 g/mol. The Hall–Kier alpha value is -1.86. The lowest BCUT2D eigenvalue weighted by Crippen LogP contribution is -2.43. The number of amides is 1. The molecule has 1 N–H and O–H groups in total. The normalized spacial score (nSPS) is 20.1. The summed E-state index contributed by atoms with van der Waals surface area (Å²) in [5.41, 5.74) is 0.799. The van der Waals surface area contributed by atoms with E-state index >= 15 is 0 Å². The Kier molecular flexibility index (Phi) is 4.32. The van der Waals surface area contributed by atoms with Crippen molar-refractivity contribution in [1.29, 1.82) is 5.26 Å². The van der Waals surface area contributed by atoms with Crippen molar-refractivity contribution in [1.82, 2.24) is 4.90 Å². The molecule has 1 aromatic rings. The SMILES string of the molecule is N#CC1CCCCN1CC(=O)Nc1ccccc1. The van der Waals surface area contributed by atoms with Crippen LogP contribution in [-0.2, 0) is 4.79 Å². The number of carbonyl (C=O) groups is 1. The molecule has 1 aromatic carbocycles. The molecule has 4 nitrogen and oxygen atoms in total. The topological polar surface area (TPSA) is 56.1 Å². The lowest BCUT2D eigenvalue weighted by Gasteiger charge is -2.30. The van der Waals surface area contributed by atoms with Crippen molar-refractivity contribution in [3.63, 3.8) is 0 Å². The molecule has 94 valence electrons. The van der Waals surface area contributed by atoms with E-state index in [9.17, 15) is 4.79 Å². The molecule has 1 atom stereocenters. The van der Waals surface area contributed by atoms with Crippen molar-refractivity contribution < 1.29 is 4.79 Å². The zero-order chi connectivity index (χ0) is 12.8. The Morgan fingerprint density at radius 1 is 1.39 bits per heavy atom. The van der Waals surface area contributed by atoms with Gasteiger partial charge in [0.05, 0.1) is 18.7 Å². The van der Waals surface area contributed by atoms with Gasteiger partial charge in [0.25, 0.3) is 0 Å². The van der Waals surface area contributed by atoms with Crippen molar-refractivity contribution >= 4 is 11.6 Å². The molecule has 2 rings (SSSR count). The molecule has 0 saturated carbocycles. The molecule has 1 unspecified atom stereocenters. The molecular weight excluding hydrogens is 226 g/mol. The van der Waals surface area contributed by atoms with Crippen LogP contribution in [0, 0.1) is 11.3 Å². The van der Waals surface area contributed by atoms with E-state index in [-0.39, 0.29) is 11.9 Å². The number of nitrogens with one attached hydrogen (secondary N) is 1. The van der Waals surface area contributed by atoms with E-state index in [0.29, 0.717) is 6.54 Å². The van der Waals surface area contributed by atoms with Gasteiger partial charge in [0.15, 0.2) is 0 Å². The van der Waals surface area contributed by atoms with Crippen molar-refractivity contribution in [3.8, 4) is 6.07 Å². The fourth-order valence-electron chi connectivity index (χ4n) is 2.23. The summed E-state index contributed by atoms with van der Waals surface area (Å²) in [6.07, 6.45) is 3.01. The second-order valence-electron chi connectivity index (χ2n) is 4.53. The minimum atomic E-state index is -0.111. The van der Waals surface area contributed by atoms with Crippen LogP contribution in [0.1, 0.15) is 19.3 Å². The number of hydrogen-bond donors (Lipinski definition) is 1. The van der Waals surface area contributed by atoms with E-state index in [0.717, 1.165) is 31.5 Å². The maximum Gasteiger partial charge on any atom is 0.238 e. The third-order valence-corrected chi connectivity index (χ3v) is 3.17. The number of hydrogen-bond acceptors (Lipinski definition) is 3. The number of carbonyl (C=O) groups excluding carboxylic acids is 1. The fraction of sp³-hybridized carbons (Fsp3) is 0.429. The molecule has 0 radical (unpaired) electrons. The van der Waals surface area contributed by atoms with Crippen molar-refractivity contribution in [2.75, 3.05) is 18.4 Å². The Morgan fingerprint density at radius 3 is 2.89 bits per heavy atom. The molecular formula is C14H17N3O. The summed E-state index contributed by atoms with van der Waals surface area (Å²) >= 11 is 0. The van der Waals surface area contributed by atoms with Gasteiger partial charge in [0, 0.05) is 5.69 Å². The van der Waals surface area contributed by atoms with Gasteiger partial charge in [0.2, 0.25) is 5.91 Å². The average Bonchev–Trinajstić information content (AvgIpc) is 2.40. The van der Waals surface area contributed by atoms with Crippen LogP contribution in [0.15, 0.2) is 30.3 Å². The van der Waals surface area contributed by atoms with Crippen molar-refractivity contribution in [3.05, 3.63) is 30.3 Å². The quantitative estimate of drug-likeness (QED) is 0.883. The number of likely N-dealkylation sites (tertiary alicyclic amines) is 1. The molecule has 1 amide bonds. The zero-order valence-electron chi connectivity index (χ0n) is 10.3. The van der Waals surface area contributed by atoms with Gasteiger partial charge in [-0.15, -0.1) is 0 Å². The van der Waals surface area contributed by atoms with Gasteiger partial charge in [-0.3, -0.25) is 9.69 Å². The Balaban J connectivity index is 1.89. The first kappa shape index (κ1) is 12.6. The van der Waals surface area contributed by atoms with Crippen LogP contribution in [0.4, 0.5) is 5.69 Å². The summed E-state index contributed by atoms with van der Waals surface area (Å²) in [4.78, 5) is 13.8. The highest BCUT2D eigenvalue weighted by molar-refractivity contribution is 5.92. The second-order valence-corrected chi connectivity index (χ2v) is 4.53. The van der Waals surface area contributed by atoms with E-state index in [1.54, 1.807) is 0 Å². The lowest BCUT2D eigenvalue weighted by molar-refractivity contribution is -0.117. The van der Waals surface area contributed by atoms with Crippen molar-refractivity contribution in [2.24, 2.45) is 0 Å². The predicted octanol–water partition coefficient (Wildman–Crippen LogP) is 2.00. The first-order valence-electron chi connectivity index (χ1n) is 6.28. The highest BCUT2D eigenvalue weighted by atomic mass is 16.2. The molecule has 1 aliphatic heterocycles. The van der Waals surface area contributed by atoms with Gasteiger partial charge >= 0.3 is 0 Å². The largest absolute Gasteiger partial charge is 0.325 e. The molecule has 1 saturated heterocycles. The van der Waals surface area contributed by atoms with Gasteiger partial charge in [-0.25, -0.2) is 0 Å². The monoisotopic (exact) mass is 243 g/mol. The summed E-state index contributed by atoms with van der Waals surface area (Å²) < 4.78 is 0. The minimum absolute atomic E-state index is 0.0525. The lowest BCUT2D eigenvalue weighted by atomic mass is 10.0. The van der Waals surface area contributed by atoms with Crippen LogP contribution < -0.4 is 5.32 Å². The first-order valence-corrected chi connectivity index (χ1v) is 6.28. The van der Waals surface area contributed by atoms with Crippen LogP contribution in [0.3, 0.4) is 0 Å². The molecule has 4 heteroatoms. The molecule has 0 aromatic heterocycles. The van der Waals surface area contributed by atoms with Crippen LogP contribution >= 0.6 is 0 Å². The number of nitrogens with zero attached hydrogens (tertiary/aromatic N) is 2. The zero-order valence-corrected chi connectivity index (χ0v) is 10.3. The molecule has 0 aliphatic carbocycles. The summed E-state index contributed by atoms with van der Waals surface area (Å²) in [5.74, 6) is -0.0525. The fourth-order valence-corrected chi connectivity index (χ4v) is 2.23. The number of benzene rings is 1. The Bertz CT molecular complexity index is 438. The molecule has 18 heavy (non-hydrogen) atoms. The Morgan fingerprint density at radius 2 is 2.17 bits per heavy atom. The third-order valence-electron chi connectivity index (χ3n) is 3.17. The van der Waals surface area contributed by atoms with E-state index < -0.39 is 0 Å². The highest BCUT2D eigenvalue weighted by Gasteiger charge is 2.23. The smallest absolute Gasteiger partial charge is 0.238 e. The summed E-state index contributed by atoms with van der Waals surface area (Å²) in [7, 11) is 0. The predicted molar refractivity (Wildman–Crippen MR) is 69.9 cm³/mol. The molecule has 0 bridgehead atoms. The van der Waals surface area contributed by atoms with E-state index in [1.165, 1.54) is 0 Å². The van der Waals surface area contributed by atoms with Gasteiger partial charge in [-0.05, 0) is 37.9 Å². The molecule has 1 heterocycles. The van der Waals surface area contributed by atoms with Crippen LogP contribution in [0.25, 0.3) is 0 Å². The first-order chi connectivity index (χ1) is 8.79. The van der Waals surface area contributed by atoms with E-state index in [2.05, 4.69) is 11.4 Å². The number of rotatable bonds is 3.